The Kier molecular flexibility index (Phi) is 3.17. The first kappa shape index (κ1) is 12.9. The molecule has 4 rings (SSSR count). The van der Waals surface area contributed by atoms with Crippen LogP contribution in [0, 0.1) is 0 Å². The number of para-hydroxylation sites is 1. The molecule has 1 atom stereocenters. The molecule has 106 valence electrons. The highest BCUT2D eigenvalue weighted by Gasteiger charge is 2.36. The van der Waals surface area contributed by atoms with Gasteiger partial charge in [0.25, 0.3) is 0 Å². The fourth-order valence-electron chi connectivity index (χ4n) is 3.38. The van der Waals surface area contributed by atoms with E-state index in [2.05, 4.69) is 20.5 Å². The van der Waals surface area contributed by atoms with Gasteiger partial charge in [0.1, 0.15) is 11.3 Å². The Labute approximate surface area is 128 Å². The summed E-state index contributed by atoms with van der Waals surface area (Å²) in [6, 6.07) is 7.30. The molecule has 0 N–H and O–H groups in total. The molecule has 2 aromatic rings. The number of likely N-dealkylation sites (tertiary alicyclic amines) is 1. The van der Waals surface area contributed by atoms with Crippen molar-refractivity contribution in [1.29, 1.82) is 0 Å². The third-order valence-electron chi connectivity index (χ3n) is 4.49. The minimum absolute atomic E-state index is 0.435. The summed E-state index contributed by atoms with van der Waals surface area (Å²) in [6.45, 7) is 2.31. The van der Waals surface area contributed by atoms with Gasteiger partial charge in [-0.05, 0) is 31.4 Å². The number of hydrogen-bond donors (Lipinski definition) is 0. The molecule has 1 unspecified atom stereocenters. The van der Waals surface area contributed by atoms with Crippen molar-refractivity contribution in [3.8, 4) is 0 Å². The molecule has 2 aliphatic rings. The summed E-state index contributed by atoms with van der Waals surface area (Å²) in [6.07, 6.45) is 3.91. The molecule has 1 aliphatic carbocycles. The summed E-state index contributed by atoms with van der Waals surface area (Å²) >= 11 is 12.4. The van der Waals surface area contributed by atoms with Gasteiger partial charge in [0.15, 0.2) is 0 Å². The minimum Gasteiger partial charge on any atom is -0.322 e. The molecule has 1 saturated heterocycles. The van der Waals surface area contributed by atoms with Crippen LogP contribution in [0.5, 0.6) is 0 Å². The average molecular weight is 310 g/mol. The lowest BCUT2D eigenvalue weighted by Crippen LogP contribution is -2.24. The average Bonchev–Trinajstić information content (AvgIpc) is 3.06. The van der Waals surface area contributed by atoms with Gasteiger partial charge in [0, 0.05) is 25.2 Å². The molecule has 0 amide bonds. The molecular formula is C15H17Cl2N3. The van der Waals surface area contributed by atoms with Crippen LogP contribution in [0.2, 0.25) is 5.02 Å². The lowest BCUT2D eigenvalue weighted by atomic mass is 10.2. The van der Waals surface area contributed by atoms with Gasteiger partial charge in [-0.1, -0.05) is 17.7 Å². The highest BCUT2D eigenvalue weighted by molar-refractivity contribution is 6.35. The highest BCUT2D eigenvalue weighted by atomic mass is 35.5. The van der Waals surface area contributed by atoms with Gasteiger partial charge < -0.3 is 4.57 Å². The van der Waals surface area contributed by atoms with E-state index in [1.807, 2.05) is 12.1 Å². The maximum Gasteiger partial charge on any atom is 0.125 e. The van der Waals surface area contributed by atoms with Crippen LogP contribution in [0.1, 0.15) is 31.1 Å². The first-order chi connectivity index (χ1) is 9.78. The SMILES string of the molecule is ClCc1nc2c(Cl)cccc2n1C1CCN(C2CC2)C1. The minimum atomic E-state index is 0.435. The Bertz CT molecular complexity index is 648. The second kappa shape index (κ2) is 4.90. The van der Waals surface area contributed by atoms with Crippen molar-refractivity contribution < 1.29 is 0 Å². The zero-order valence-electron chi connectivity index (χ0n) is 11.2. The number of alkyl halides is 1. The molecule has 1 aromatic heterocycles. The molecule has 5 heteroatoms. The first-order valence-electron chi connectivity index (χ1n) is 7.23. The Hall–Kier alpha value is -0.770. The summed E-state index contributed by atoms with van der Waals surface area (Å²) in [5, 5.41) is 0.713. The normalized spacial score (nSPS) is 23.8. The number of aromatic nitrogens is 2. The van der Waals surface area contributed by atoms with Gasteiger partial charge in [0.2, 0.25) is 0 Å². The van der Waals surface area contributed by atoms with Crippen LogP contribution in [-0.4, -0.2) is 33.6 Å². The van der Waals surface area contributed by atoms with Crippen molar-refractivity contribution in [2.75, 3.05) is 13.1 Å². The van der Waals surface area contributed by atoms with Crippen molar-refractivity contribution in [1.82, 2.24) is 14.5 Å². The van der Waals surface area contributed by atoms with Gasteiger partial charge >= 0.3 is 0 Å². The smallest absolute Gasteiger partial charge is 0.125 e. The number of imidazole rings is 1. The van der Waals surface area contributed by atoms with Crippen molar-refractivity contribution in [3.05, 3.63) is 29.0 Å². The third kappa shape index (κ3) is 2.03. The predicted octanol–water partition coefficient (Wildman–Crippen LogP) is 3.84. The largest absolute Gasteiger partial charge is 0.322 e. The number of fused-ring (bicyclic) bond motifs is 1. The van der Waals surface area contributed by atoms with E-state index in [0.717, 1.165) is 29.4 Å². The summed E-state index contributed by atoms with van der Waals surface area (Å²) in [5.41, 5.74) is 2.01. The maximum absolute atomic E-state index is 6.27. The van der Waals surface area contributed by atoms with Crippen LogP contribution in [0.3, 0.4) is 0 Å². The van der Waals surface area contributed by atoms with Gasteiger partial charge in [-0.25, -0.2) is 4.98 Å². The number of nitrogens with zero attached hydrogens (tertiary/aromatic N) is 3. The van der Waals surface area contributed by atoms with E-state index in [-0.39, 0.29) is 0 Å². The molecule has 0 spiro atoms. The monoisotopic (exact) mass is 309 g/mol. The first-order valence-corrected chi connectivity index (χ1v) is 8.14. The van der Waals surface area contributed by atoms with Crippen molar-refractivity contribution in [2.24, 2.45) is 0 Å². The topological polar surface area (TPSA) is 21.1 Å². The molecule has 3 nitrogen and oxygen atoms in total. The molecule has 1 saturated carbocycles. The van der Waals surface area contributed by atoms with Crippen LogP contribution < -0.4 is 0 Å². The van der Waals surface area contributed by atoms with E-state index in [1.165, 1.54) is 25.8 Å². The third-order valence-corrected chi connectivity index (χ3v) is 5.03. The van der Waals surface area contributed by atoms with Crippen LogP contribution >= 0.6 is 23.2 Å². The quantitative estimate of drug-likeness (QED) is 0.803. The lowest BCUT2D eigenvalue weighted by molar-refractivity contribution is 0.314. The van der Waals surface area contributed by atoms with E-state index in [0.29, 0.717) is 16.9 Å². The molecule has 0 radical (unpaired) electrons. The molecular weight excluding hydrogens is 293 g/mol. The van der Waals surface area contributed by atoms with Crippen molar-refractivity contribution in [2.45, 2.75) is 37.2 Å². The summed E-state index contributed by atoms with van der Waals surface area (Å²) in [5.74, 6) is 1.38. The lowest BCUT2D eigenvalue weighted by Gasteiger charge is -2.18. The van der Waals surface area contributed by atoms with Crippen molar-refractivity contribution >= 4 is 34.2 Å². The predicted molar refractivity (Wildman–Crippen MR) is 82.5 cm³/mol. The fraction of sp³-hybridized carbons (Fsp3) is 0.533. The number of hydrogen-bond acceptors (Lipinski definition) is 2. The Morgan fingerprint density at radius 2 is 2.05 bits per heavy atom. The van der Waals surface area contributed by atoms with Crippen LogP contribution in [-0.2, 0) is 5.88 Å². The van der Waals surface area contributed by atoms with Crippen LogP contribution in [0.4, 0.5) is 0 Å². The Morgan fingerprint density at radius 3 is 2.80 bits per heavy atom. The number of halogens is 2. The van der Waals surface area contributed by atoms with Crippen molar-refractivity contribution in [3.63, 3.8) is 0 Å². The zero-order chi connectivity index (χ0) is 13.7. The fourth-order valence-corrected chi connectivity index (χ4v) is 3.78. The molecule has 20 heavy (non-hydrogen) atoms. The van der Waals surface area contributed by atoms with E-state index >= 15 is 0 Å². The Morgan fingerprint density at radius 1 is 1.20 bits per heavy atom. The molecule has 1 aromatic carbocycles. The summed E-state index contributed by atoms with van der Waals surface area (Å²) < 4.78 is 2.32. The van der Waals surface area contributed by atoms with E-state index in [4.69, 9.17) is 23.2 Å². The zero-order valence-corrected chi connectivity index (χ0v) is 12.7. The number of rotatable bonds is 3. The van der Waals surface area contributed by atoms with Gasteiger partial charge in [0.05, 0.1) is 16.4 Å². The maximum atomic E-state index is 6.27. The summed E-state index contributed by atoms with van der Waals surface area (Å²) in [7, 11) is 0. The number of benzene rings is 1. The molecule has 0 bridgehead atoms. The van der Waals surface area contributed by atoms with Gasteiger partial charge in [-0.3, -0.25) is 4.90 Å². The molecule has 1 aliphatic heterocycles. The van der Waals surface area contributed by atoms with Gasteiger partial charge in [-0.15, -0.1) is 11.6 Å². The molecule has 2 fully saturated rings. The van der Waals surface area contributed by atoms with Gasteiger partial charge in [-0.2, -0.15) is 0 Å². The molecule has 2 heterocycles. The highest BCUT2D eigenvalue weighted by Crippen LogP contribution is 2.36. The van der Waals surface area contributed by atoms with Crippen LogP contribution in [0.25, 0.3) is 11.0 Å². The second-order valence-corrected chi connectivity index (χ2v) is 6.48. The van der Waals surface area contributed by atoms with E-state index in [1.54, 1.807) is 0 Å². The van der Waals surface area contributed by atoms with E-state index in [9.17, 15) is 0 Å². The standard InChI is InChI=1S/C15H17Cl2N3/c16-8-14-18-15-12(17)2-1-3-13(15)20(14)11-6-7-19(9-11)10-4-5-10/h1-3,10-11H,4-9H2. The van der Waals surface area contributed by atoms with E-state index < -0.39 is 0 Å². The Balaban J connectivity index is 1.76. The second-order valence-electron chi connectivity index (χ2n) is 5.81. The summed E-state index contributed by atoms with van der Waals surface area (Å²) in [4.78, 5) is 7.25. The van der Waals surface area contributed by atoms with Crippen LogP contribution in [0.15, 0.2) is 18.2 Å².